The van der Waals surface area contributed by atoms with Gasteiger partial charge in [-0.2, -0.15) is 0 Å². The number of aromatic carboxylic acids is 1. The lowest BCUT2D eigenvalue weighted by Gasteiger charge is -2.30. The first kappa shape index (κ1) is 21.6. The number of hydrogen-bond donors (Lipinski definition) is 2. The topological polar surface area (TPSA) is 66.2 Å². The van der Waals surface area contributed by atoms with Crippen LogP contribution in [0.5, 0.6) is 0 Å². The van der Waals surface area contributed by atoms with E-state index in [2.05, 4.69) is 72.2 Å². The van der Waals surface area contributed by atoms with Gasteiger partial charge in [0.25, 0.3) is 0 Å². The maximum absolute atomic E-state index is 12.0. The molecule has 0 bridgehead atoms. The average molecular weight is 422 g/mol. The van der Waals surface area contributed by atoms with Crippen LogP contribution >= 0.6 is 0 Å². The molecule has 2 unspecified atom stereocenters. The zero-order valence-corrected chi connectivity index (χ0v) is 18.7. The predicted octanol–water partition coefficient (Wildman–Crippen LogP) is 3.77. The Bertz CT molecular complexity index is 1100. The summed E-state index contributed by atoms with van der Waals surface area (Å²) in [4.78, 5) is 14.1. The standard InChI is InChI=1S/C25H31N3O3/c1-16-22(25(29)30)12-21-11-20(19-7-5-6-18(10-19)14-27(3)4)15-28(21)24(16)17(2)23-13-26-8-9-31-23/h5-7,10-12,15,17,23,26H,8-9,13-14H2,1-4H3,(H,29,30). The molecule has 4 rings (SSSR count). The highest BCUT2D eigenvalue weighted by atomic mass is 16.5. The molecule has 0 aliphatic carbocycles. The van der Waals surface area contributed by atoms with Gasteiger partial charge in [0, 0.05) is 48.5 Å². The first-order valence-electron chi connectivity index (χ1n) is 10.8. The summed E-state index contributed by atoms with van der Waals surface area (Å²) < 4.78 is 8.17. The monoisotopic (exact) mass is 421 g/mol. The highest BCUT2D eigenvalue weighted by molar-refractivity contribution is 5.92. The molecule has 1 saturated heterocycles. The first-order chi connectivity index (χ1) is 14.8. The predicted molar refractivity (Wildman–Crippen MR) is 123 cm³/mol. The lowest BCUT2D eigenvalue weighted by Crippen LogP contribution is -2.41. The third kappa shape index (κ3) is 4.37. The van der Waals surface area contributed by atoms with Crippen molar-refractivity contribution in [1.82, 2.24) is 14.6 Å². The number of aromatic nitrogens is 1. The van der Waals surface area contributed by atoms with Crippen molar-refractivity contribution in [2.45, 2.75) is 32.4 Å². The molecule has 1 fully saturated rings. The second kappa shape index (κ2) is 8.83. The Balaban J connectivity index is 1.84. The number of carboxylic acids is 1. The molecule has 1 aromatic carbocycles. The molecule has 0 radical (unpaired) electrons. The van der Waals surface area contributed by atoms with Crippen LogP contribution in [-0.2, 0) is 11.3 Å². The fraction of sp³-hybridized carbons (Fsp3) is 0.400. The Morgan fingerprint density at radius 3 is 2.77 bits per heavy atom. The first-order valence-corrected chi connectivity index (χ1v) is 10.8. The fourth-order valence-electron chi connectivity index (χ4n) is 4.61. The normalized spacial score (nSPS) is 17.9. The number of hydrogen-bond acceptors (Lipinski definition) is 4. The number of fused-ring (bicyclic) bond motifs is 1. The zero-order chi connectivity index (χ0) is 22.1. The Labute approximate surface area is 183 Å². The van der Waals surface area contributed by atoms with Crippen LogP contribution in [0.1, 0.15) is 40.0 Å². The molecule has 2 atom stereocenters. The number of nitrogens with zero attached hydrogens (tertiary/aromatic N) is 2. The molecule has 2 N–H and O–H groups in total. The van der Waals surface area contributed by atoms with Crippen LogP contribution in [0, 0.1) is 6.92 Å². The largest absolute Gasteiger partial charge is 0.478 e. The maximum atomic E-state index is 12.0. The number of morpholine rings is 1. The Kier molecular flexibility index (Phi) is 6.14. The van der Waals surface area contributed by atoms with E-state index in [9.17, 15) is 9.90 Å². The number of rotatable bonds is 6. The van der Waals surface area contributed by atoms with E-state index in [4.69, 9.17) is 4.74 Å². The van der Waals surface area contributed by atoms with E-state index in [1.54, 1.807) is 6.07 Å². The lowest BCUT2D eigenvalue weighted by atomic mass is 9.93. The van der Waals surface area contributed by atoms with E-state index in [0.29, 0.717) is 12.2 Å². The molecule has 164 valence electrons. The van der Waals surface area contributed by atoms with Crippen LogP contribution in [0.3, 0.4) is 0 Å². The number of ether oxygens (including phenoxy) is 1. The molecule has 31 heavy (non-hydrogen) atoms. The summed E-state index contributed by atoms with van der Waals surface area (Å²) in [7, 11) is 4.12. The molecule has 6 heteroatoms. The number of carboxylic acid groups (broad SMARTS) is 1. The molecule has 1 aliphatic heterocycles. The van der Waals surface area contributed by atoms with Crippen molar-refractivity contribution < 1.29 is 14.6 Å². The SMILES string of the molecule is Cc1c(C(=O)O)cc2cc(-c3cccc(CN(C)C)c3)cn2c1C(C)C1CNCCO1. The summed E-state index contributed by atoms with van der Waals surface area (Å²) in [5.41, 5.74) is 6.50. The number of carbonyl (C=O) groups is 1. The van der Waals surface area contributed by atoms with Gasteiger partial charge in [0.1, 0.15) is 0 Å². The van der Waals surface area contributed by atoms with Crippen LogP contribution in [-0.4, -0.2) is 60.3 Å². The van der Waals surface area contributed by atoms with E-state index in [1.807, 2.05) is 6.92 Å². The van der Waals surface area contributed by atoms with Crippen LogP contribution in [0.15, 0.2) is 42.6 Å². The summed E-state index contributed by atoms with van der Waals surface area (Å²) in [6.45, 7) is 7.19. The minimum atomic E-state index is -0.896. The molecule has 1 aliphatic rings. The summed E-state index contributed by atoms with van der Waals surface area (Å²) >= 11 is 0. The van der Waals surface area contributed by atoms with Crippen molar-refractivity contribution in [3.05, 3.63) is 65.0 Å². The second-order valence-corrected chi connectivity index (χ2v) is 8.74. The molecule has 0 amide bonds. The Morgan fingerprint density at radius 1 is 1.29 bits per heavy atom. The molecular formula is C25H31N3O3. The molecule has 0 spiro atoms. The maximum Gasteiger partial charge on any atom is 0.336 e. The lowest BCUT2D eigenvalue weighted by molar-refractivity contribution is 0.0135. The molecule has 3 aromatic rings. The van der Waals surface area contributed by atoms with E-state index >= 15 is 0 Å². The van der Waals surface area contributed by atoms with Gasteiger partial charge in [-0.25, -0.2) is 4.79 Å². The van der Waals surface area contributed by atoms with Crippen LogP contribution in [0.4, 0.5) is 0 Å². The smallest absolute Gasteiger partial charge is 0.336 e. The van der Waals surface area contributed by atoms with Gasteiger partial charge in [0.05, 0.1) is 18.3 Å². The number of nitrogens with one attached hydrogen (secondary N) is 1. The minimum absolute atomic E-state index is 0.00830. The zero-order valence-electron chi connectivity index (χ0n) is 18.7. The third-order valence-electron chi connectivity index (χ3n) is 6.12. The van der Waals surface area contributed by atoms with E-state index in [1.165, 1.54) is 5.56 Å². The van der Waals surface area contributed by atoms with Crippen LogP contribution < -0.4 is 5.32 Å². The van der Waals surface area contributed by atoms with Gasteiger partial charge in [0.15, 0.2) is 0 Å². The van der Waals surface area contributed by atoms with Crippen molar-refractivity contribution in [1.29, 1.82) is 0 Å². The molecule has 3 heterocycles. The Hall–Kier alpha value is -2.67. The molecule has 6 nitrogen and oxygen atoms in total. The summed E-state index contributed by atoms with van der Waals surface area (Å²) in [6, 6.07) is 12.4. The average Bonchev–Trinajstić information content (AvgIpc) is 3.17. The van der Waals surface area contributed by atoms with Crippen molar-refractivity contribution in [3.8, 4) is 11.1 Å². The van der Waals surface area contributed by atoms with Gasteiger partial charge in [-0.1, -0.05) is 25.1 Å². The molecule has 0 saturated carbocycles. The van der Waals surface area contributed by atoms with Gasteiger partial charge < -0.3 is 24.5 Å². The number of benzene rings is 1. The van der Waals surface area contributed by atoms with Crippen LogP contribution in [0.25, 0.3) is 16.6 Å². The van der Waals surface area contributed by atoms with Gasteiger partial charge in [-0.3, -0.25) is 0 Å². The van der Waals surface area contributed by atoms with Crippen molar-refractivity contribution in [2.24, 2.45) is 0 Å². The Morgan fingerprint density at radius 2 is 2.10 bits per heavy atom. The second-order valence-electron chi connectivity index (χ2n) is 8.74. The van der Waals surface area contributed by atoms with Crippen molar-refractivity contribution in [3.63, 3.8) is 0 Å². The molecular weight excluding hydrogens is 390 g/mol. The minimum Gasteiger partial charge on any atom is -0.478 e. The summed E-state index contributed by atoms with van der Waals surface area (Å²) in [5, 5.41) is 13.2. The summed E-state index contributed by atoms with van der Waals surface area (Å²) in [6.07, 6.45) is 2.14. The number of pyridine rings is 1. The van der Waals surface area contributed by atoms with Gasteiger partial charge in [-0.15, -0.1) is 0 Å². The third-order valence-corrected chi connectivity index (χ3v) is 6.12. The van der Waals surface area contributed by atoms with Crippen LogP contribution in [0.2, 0.25) is 0 Å². The van der Waals surface area contributed by atoms with Gasteiger partial charge >= 0.3 is 5.97 Å². The quantitative estimate of drug-likeness (QED) is 0.634. The van der Waals surface area contributed by atoms with Crippen molar-refractivity contribution >= 4 is 11.5 Å². The fourth-order valence-corrected chi connectivity index (χ4v) is 4.61. The highest BCUT2D eigenvalue weighted by Gasteiger charge is 2.27. The van der Waals surface area contributed by atoms with Crippen molar-refractivity contribution in [2.75, 3.05) is 33.8 Å². The van der Waals surface area contributed by atoms with Gasteiger partial charge in [0.2, 0.25) is 0 Å². The summed E-state index contributed by atoms with van der Waals surface area (Å²) in [5.74, 6) is -0.846. The highest BCUT2D eigenvalue weighted by Crippen LogP contribution is 2.32. The van der Waals surface area contributed by atoms with E-state index < -0.39 is 5.97 Å². The molecule has 2 aromatic heterocycles. The van der Waals surface area contributed by atoms with E-state index in [0.717, 1.165) is 47.5 Å². The van der Waals surface area contributed by atoms with Gasteiger partial charge in [-0.05, 0) is 55.9 Å². The van der Waals surface area contributed by atoms with E-state index in [-0.39, 0.29) is 12.0 Å².